The van der Waals surface area contributed by atoms with E-state index in [2.05, 4.69) is 5.32 Å². The summed E-state index contributed by atoms with van der Waals surface area (Å²) in [6.45, 7) is 5.92. The number of carbonyl (C=O) groups is 1. The third-order valence-electron chi connectivity index (χ3n) is 3.01. The maximum Gasteiger partial charge on any atom is 0.253 e. The van der Waals surface area contributed by atoms with Gasteiger partial charge < -0.3 is 10.5 Å². The molecule has 0 fully saturated rings. The van der Waals surface area contributed by atoms with Crippen LogP contribution < -0.4 is 5.32 Å². The van der Waals surface area contributed by atoms with Crippen LogP contribution in [0.1, 0.15) is 36.8 Å². The average molecular weight is 246 g/mol. The summed E-state index contributed by atoms with van der Waals surface area (Å²) < 4.78 is 1.12. The van der Waals surface area contributed by atoms with Crippen LogP contribution in [-0.4, -0.2) is 22.9 Å². The third-order valence-corrected chi connectivity index (χ3v) is 3.01. The molecule has 2 aromatic rings. The molecule has 1 aromatic heterocycles. The molecule has 1 aromatic carbocycles. The van der Waals surface area contributed by atoms with Gasteiger partial charge in [-0.2, -0.15) is 4.73 Å². The average Bonchev–Trinajstić information content (AvgIpc) is 2.62. The highest BCUT2D eigenvalue weighted by atomic mass is 16.5. The molecule has 0 unspecified atom stereocenters. The fourth-order valence-corrected chi connectivity index (χ4v) is 2.27. The standard InChI is InChI=1S/C14H18N2O2/c1-14(2,3)12-11(13(17)15-4)9-7-5-6-8-10(9)16(12)18/h5-8,18H,1-4H3,(H,15,17). The van der Waals surface area contributed by atoms with Gasteiger partial charge in [0.25, 0.3) is 5.91 Å². The maximum absolute atomic E-state index is 12.1. The highest BCUT2D eigenvalue weighted by molar-refractivity contribution is 6.08. The Morgan fingerprint density at radius 1 is 1.28 bits per heavy atom. The number of benzene rings is 1. The zero-order chi connectivity index (χ0) is 13.5. The van der Waals surface area contributed by atoms with Gasteiger partial charge in [-0.15, -0.1) is 0 Å². The number of fused-ring (bicyclic) bond motifs is 1. The molecule has 0 radical (unpaired) electrons. The lowest BCUT2D eigenvalue weighted by Crippen LogP contribution is -2.25. The van der Waals surface area contributed by atoms with Gasteiger partial charge in [-0.3, -0.25) is 4.79 Å². The summed E-state index contributed by atoms with van der Waals surface area (Å²) in [6, 6.07) is 7.36. The lowest BCUT2D eigenvalue weighted by molar-refractivity contribution is 0.0957. The molecule has 0 saturated heterocycles. The lowest BCUT2D eigenvalue weighted by Gasteiger charge is -2.20. The molecular formula is C14H18N2O2. The zero-order valence-corrected chi connectivity index (χ0v) is 11.1. The second-order valence-electron chi connectivity index (χ2n) is 5.38. The maximum atomic E-state index is 12.1. The van der Waals surface area contributed by atoms with Gasteiger partial charge in [-0.25, -0.2) is 0 Å². The number of aromatic nitrogens is 1. The number of nitrogens with zero attached hydrogens (tertiary/aromatic N) is 1. The van der Waals surface area contributed by atoms with Gasteiger partial charge in [0, 0.05) is 17.8 Å². The van der Waals surface area contributed by atoms with E-state index in [4.69, 9.17) is 0 Å². The number of nitrogens with one attached hydrogen (secondary N) is 1. The molecule has 18 heavy (non-hydrogen) atoms. The van der Waals surface area contributed by atoms with Gasteiger partial charge >= 0.3 is 0 Å². The molecule has 0 saturated carbocycles. The molecule has 2 N–H and O–H groups in total. The number of hydrogen-bond donors (Lipinski definition) is 2. The van der Waals surface area contributed by atoms with Gasteiger partial charge in [-0.1, -0.05) is 39.0 Å². The van der Waals surface area contributed by atoms with Gasteiger partial charge in [-0.05, 0) is 6.07 Å². The molecule has 96 valence electrons. The van der Waals surface area contributed by atoms with E-state index in [1.807, 2.05) is 39.0 Å². The predicted molar refractivity (Wildman–Crippen MR) is 71.2 cm³/mol. The first kappa shape index (κ1) is 12.5. The Labute approximate surface area is 106 Å². The minimum Gasteiger partial charge on any atom is -0.428 e. The van der Waals surface area contributed by atoms with E-state index in [-0.39, 0.29) is 11.3 Å². The second kappa shape index (κ2) is 4.05. The molecular weight excluding hydrogens is 228 g/mol. The Morgan fingerprint density at radius 2 is 1.89 bits per heavy atom. The summed E-state index contributed by atoms with van der Waals surface area (Å²) in [5, 5.41) is 13.7. The van der Waals surface area contributed by atoms with Crippen LogP contribution in [0.4, 0.5) is 0 Å². The molecule has 1 amide bonds. The van der Waals surface area contributed by atoms with Crippen molar-refractivity contribution in [2.24, 2.45) is 0 Å². The molecule has 4 nitrogen and oxygen atoms in total. The van der Waals surface area contributed by atoms with Crippen LogP contribution in [-0.2, 0) is 5.41 Å². The summed E-state index contributed by atoms with van der Waals surface area (Å²) in [5.41, 5.74) is 1.50. The van der Waals surface area contributed by atoms with E-state index in [0.717, 1.165) is 10.1 Å². The van der Waals surface area contributed by atoms with Crippen LogP contribution in [0.5, 0.6) is 0 Å². The van der Waals surface area contributed by atoms with Gasteiger partial charge in [0.05, 0.1) is 16.8 Å². The minimum absolute atomic E-state index is 0.177. The SMILES string of the molecule is CNC(=O)c1c(C(C)(C)C)n(O)c2ccccc12. The van der Waals surface area contributed by atoms with Crippen molar-refractivity contribution in [3.05, 3.63) is 35.5 Å². The molecule has 0 aliphatic carbocycles. The Bertz CT molecular complexity index is 606. The van der Waals surface area contributed by atoms with Gasteiger partial charge in [0.2, 0.25) is 0 Å². The van der Waals surface area contributed by atoms with Crippen LogP contribution in [0.2, 0.25) is 0 Å². The highest BCUT2D eigenvalue weighted by Crippen LogP contribution is 2.33. The number of amides is 1. The summed E-state index contributed by atoms with van der Waals surface area (Å²) in [7, 11) is 1.60. The fraction of sp³-hybridized carbons (Fsp3) is 0.357. The van der Waals surface area contributed by atoms with Crippen molar-refractivity contribution >= 4 is 16.8 Å². The van der Waals surface area contributed by atoms with Crippen LogP contribution >= 0.6 is 0 Å². The number of carbonyl (C=O) groups excluding carboxylic acids is 1. The summed E-state index contributed by atoms with van der Waals surface area (Å²) in [6.07, 6.45) is 0. The van der Waals surface area contributed by atoms with Crippen LogP contribution in [0.25, 0.3) is 10.9 Å². The number of hydrogen-bond acceptors (Lipinski definition) is 2. The first-order valence-electron chi connectivity index (χ1n) is 5.93. The van der Waals surface area contributed by atoms with Crippen molar-refractivity contribution in [3.8, 4) is 0 Å². The Kier molecular flexibility index (Phi) is 2.81. The normalized spacial score (nSPS) is 11.8. The topological polar surface area (TPSA) is 54.3 Å². The molecule has 2 rings (SSSR count). The van der Waals surface area contributed by atoms with Crippen molar-refractivity contribution in [3.63, 3.8) is 0 Å². The predicted octanol–water partition coefficient (Wildman–Crippen LogP) is 2.54. The van der Waals surface area contributed by atoms with Crippen LogP contribution in [0, 0.1) is 0 Å². The highest BCUT2D eigenvalue weighted by Gasteiger charge is 2.29. The first-order valence-corrected chi connectivity index (χ1v) is 5.93. The molecule has 4 heteroatoms. The summed E-state index contributed by atoms with van der Waals surface area (Å²) in [4.78, 5) is 12.1. The molecule has 0 aliphatic rings. The summed E-state index contributed by atoms with van der Waals surface area (Å²) in [5.74, 6) is -0.177. The number of rotatable bonds is 1. The lowest BCUT2D eigenvalue weighted by atomic mass is 9.88. The largest absolute Gasteiger partial charge is 0.428 e. The fourth-order valence-electron chi connectivity index (χ4n) is 2.27. The van der Waals surface area contributed by atoms with E-state index >= 15 is 0 Å². The van der Waals surface area contributed by atoms with E-state index in [9.17, 15) is 10.0 Å². The van der Waals surface area contributed by atoms with Crippen molar-refractivity contribution in [1.29, 1.82) is 0 Å². The Hall–Kier alpha value is -1.97. The third kappa shape index (κ3) is 1.74. The van der Waals surface area contributed by atoms with Crippen molar-refractivity contribution in [2.75, 3.05) is 7.05 Å². The van der Waals surface area contributed by atoms with Gasteiger partial charge in [0.15, 0.2) is 0 Å². The van der Waals surface area contributed by atoms with Crippen molar-refractivity contribution < 1.29 is 10.0 Å². The van der Waals surface area contributed by atoms with E-state index in [1.54, 1.807) is 13.1 Å². The van der Waals surface area contributed by atoms with Crippen molar-refractivity contribution in [2.45, 2.75) is 26.2 Å². The Morgan fingerprint density at radius 3 is 2.44 bits per heavy atom. The number of para-hydroxylation sites is 1. The molecule has 0 bridgehead atoms. The second-order valence-corrected chi connectivity index (χ2v) is 5.38. The summed E-state index contributed by atoms with van der Waals surface area (Å²) >= 11 is 0. The van der Waals surface area contributed by atoms with E-state index in [0.29, 0.717) is 16.8 Å². The monoisotopic (exact) mass is 246 g/mol. The molecule has 0 spiro atoms. The van der Waals surface area contributed by atoms with Crippen LogP contribution in [0.15, 0.2) is 24.3 Å². The minimum atomic E-state index is -0.324. The quantitative estimate of drug-likeness (QED) is 0.760. The first-order chi connectivity index (χ1) is 8.38. The smallest absolute Gasteiger partial charge is 0.253 e. The van der Waals surface area contributed by atoms with E-state index < -0.39 is 0 Å². The zero-order valence-electron chi connectivity index (χ0n) is 11.1. The molecule has 1 heterocycles. The molecule has 0 aliphatic heterocycles. The Balaban J connectivity index is 2.91. The molecule has 0 atom stereocenters. The van der Waals surface area contributed by atoms with Crippen molar-refractivity contribution in [1.82, 2.24) is 10.0 Å². The van der Waals surface area contributed by atoms with E-state index in [1.165, 1.54) is 0 Å². The van der Waals surface area contributed by atoms with Gasteiger partial charge in [0.1, 0.15) is 0 Å². The van der Waals surface area contributed by atoms with Crippen LogP contribution in [0.3, 0.4) is 0 Å².